The average Bonchev–Trinajstić information content (AvgIpc) is 3.01. The summed E-state index contributed by atoms with van der Waals surface area (Å²) in [5.74, 6) is 2.02. The molecule has 1 aliphatic heterocycles. The molecule has 2 N–H and O–H groups in total. The molecule has 0 aliphatic carbocycles. The van der Waals surface area contributed by atoms with Crippen molar-refractivity contribution in [2.24, 2.45) is 4.99 Å². The molecule has 2 rings (SSSR count). The molecular formula is C18H30N6O. The Kier molecular flexibility index (Phi) is 7.50. The second-order valence-corrected chi connectivity index (χ2v) is 6.38. The van der Waals surface area contributed by atoms with E-state index in [1.165, 1.54) is 0 Å². The Bertz CT molecular complexity index is 587. The van der Waals surface area contributed by atoms with Crippen molar-refractivity contribution in [1.29, 1.82) is 0 Å². The number of carbonyl (C=O) groups is 1. The normalized spacial score (nSPS) is 14.8. The van der Waals surface area contributed by atoms with E-state index in [0.29, 0.717) is 13.0 Å². The molecule has 0 saturated carbocycles. The first-order chi connectivity index (χ1) is 12.1. The van der Waals surface area contributed by atoms with E-state index in [2.05, 4.69) is 27.5 Å². The van der Waals surface area contributed by atoms with E-state index in [1.54, 1.807) is 0 Å². The summed E-state index contributed by atoms with van der Waals surface area (Å²) in [5, 5.41) is 6.60. The van der Waals surface area contributed by atoms with Crippen LogP contribution >= 0.6 is 0 Å². The van der Waals surface area contributed by atoms with Crippen molar-refractivity contribution < 1.29 is 4.79 Å². The molecule has 7 heteroatoms. The largest absolute Gasteiger partial charge is 0.363 e. The third-order valence-corrected chi connectivity index (χ3v) is 4.10. The number of aliphatic imine (C=N–C) groups is 1. The lowest BCUT2D eigenvalue weighted by atomic mass is 10.2. The molecule has 1 aromatic rings. The van der Waals surface area contributed by atoms with Crippen LogP contribution in [0.25, 0.3) is 0 Å². The molecule has 25 heavy (non-hydrogen) atoms. The number of likely N-dealkylation sites (tertiary alicyclic amines) is 1. The molecule has 1 aliphatic rings. The highest BCUT2D eigenvalue weighted by molar-refractivity contribution is 5.79. The maximum atomic E-state index is 11.6. The highest BCUT2D eigenvalue weighted by atomic mass is 16.2. The molecule has 0 bridgehead atoms. The molecule has 138 valence electrons. The van der Waals surface area contributed by atoms with Gasteiger partial charge in [-0.25, -0.2) is 9.98 Å². The van der Waals surface area contributed by atoms with Crippen molar-refractivity contribution in [3.63, 3.8) is 0 Å². The summed E-state index contributed by atoms with van der Waals surface area (Å²) in [6.45, 7) is 6.00. The van der Waals surface area contributed by atoms with Crippen molar-refractivity contribution in [3.8, 4) is 0 Å². The van der Waals surface area contributed by atoms with E-state index in [4.69, 9.17) is 0 Å². The molecule has 0 radical (unpaired) electrons. The number of hydrogen-bond donors (Lipinski definition) is 2. The lowest BCUT2D eigenvalue weighted by Crippen LogP contribution is -2.39. The molecule has 0 aromatic carbocycles. The molecule has 1 saturated heterocycles. The van der Waals surface area contributed by atoms with Gasteiger partial charge in [-0.15, -0.1) is 0 Å². The summed E-state index contributed by atoms with van der Waals surface area (Å²) in [6, 6.07) is 4.03. The Labute approximate surface area is 150 Å². The van der Waals surface area contributed by atoms with E-state index in [-0.39, 0.29) is 5.91 Å². The van der Waals surface area contributed by atoms with Gasteiger partial charge in [0.1, 0.15) is 5.82 Å². The monoisotopic (exact) mass is 346 g/mol. The maximum absolute atomic E-state index is 11.6. The van der Waals surface area contributed by atoms with Crippen LogP contribution in [0.5, 0.6) is 0 Å². The zero-order valence-electron chi connectivity index (χ0n) is 15.6. The Morgan fingerprint density at radius 3 is 2.92 bits per heavy atom. The predicted molar refractivity (Wildman–Crippen MR) is 102 cm³/mol. The van der Waals surface area contributed by atoms with Crippen LogP contribution in [0.3, 0.4) is 0 Å². The first kappa shape index (κ1) is 19.0. The van der Waals surface area contributed by atoms with Crippen molar-refractivity contribution >= 4 is 17.7 Å². The Balaban J connectivity index is 1.81. The number of guanidine groups is 1. The van der Waals surface area contributed by atoms with Gasteiger partial charge in [0.2, 0.25) is 5.91 Å². The van der Waals surface area contributed by atoms with E-state index in [0.717, 1.165) is 56.4 Å². The quantitative estimate of drug-likeness (QED) is 0.421. The second-order valence-electron chi connectivity index (χ2n) is 6.38. The minimum absolute atomic E-state index is 0.287. The Morgan fingerprint density at radius 1 is 1.40 bits per heavy atom. The fourth-order valence-electron chi connectivity index (χ4n) is 2.73. The van der Waals surface area contributed by atoms with Crippen LogP contribution in [0.2, 0.25) is 0 Å². The van der Waals surface area contributed by atoms with Gasteiger partial charge in [-0.2, -0.15) is 0 Å². The van der Waals surface area contributed by atoms with Gasteiger partial charge >= 0.3 is 0 Å². The summed E-state index contributed by atoms with van der Waals surface area (Å²) in [6.07, 6.45) is 4.44. The average molecular weight is 346 g/mol. The number of amides is 1. The number of anilines is 1. The summed E-state index contributed by atoms with van der Waals surface area (Å²) in [4.78, 5) is 24.5. The van der Waals surface area contributed by atoms with Crippen LogP contribution in [-0.2, 0) is 11.3 Å². The molecule has 2 heterocycles. The zero-order chi connectivity index (χ0) is 18.1. The van der Waals surface area contributed by atoms with Gasteiger partial charge in [0.15, 0.2) is 5.96 Å². The second kappa shape index (κ2) is 9.86. The van der Waals surface area contributed by atoms with Crippen LogP contribution < -0.4 is 15.5 Å². The first-order valence-corrected chi connectivity index (χ1v) is 9.02. The smallest absolute Gasteiger partial charge is 0.222 e. The third-order valence-electron chi connectivity index (χ3n) is 4.10. The highest BCUT2D eigenvalue weighted by Gasteiger charge is 2.18. The lowest BCUT2D eigenvalue weighted by molar-refractivity contribution is -0.127. The van der Waals surface area contributed by atoms with Gasteiger partial charge in [0.25, 0.3) is 0 Å². The topological polar surface area (TPSA) is 72.9 Å². The van der Waals surface area contributed by atoms with Crippen molar-refractivity contribution in [2.75, 3.05) is 45.2 Å². The number of pyridine rings is 1. The van der Waals surface area contributed by atoms with Crippen LogP contribution in [0.4, 0.5) is 5.82 Å². The number of hydrogen-bond acceptors (Lipinski definition) is 4. The summed E-state index contributed by atoms with van der Waals surface area (Å²) in [7, 11) is 3.96. The van der Waals surface area contributed by atoms with Gasteiger partial charge in [-0.1, -0.05) is 0 Å². The summed E-state index contributed by atoms with van der Waals surface area (Å²) < 4.78 is 0. The number of aromatic nitrogens is 1. The predicted octanol–water partition coefficient (Wildman–Crippen LogP) is 1.22. The van der Waals surface area contributed by atoms with Gasteiger partial charge in [-0.05, 0) is 37.5 Å². The van der Waals surface area contributed by atoms with E-state index in [1.807, 2.05) is 42.2 Å². The first-order valence-electron chi connectivity index (χ1n) is 9.02. The fourth-order valence-corrected chi connectivity index (χ4v) is 2.73. The van der Waals surface area contributed by atoms with Crippen LogP contribution in [0.15, 0.2) is 23.3 Å². The Morgan fingerprint density at radius 2 is 2.24 bits per heavy atom. The standard InChI is InChI=1S/C18H30N6O/c1-4-19-18(21-9-6-12-24-11-5-7-17(24)25)22-14-15-8-10-20-16(13-15)23(2)3/h8,10,13H,4-7,9,11-12,14H2,1-3H3,(H2,19,21,22). The van der Waals surface area contributed by atoms with E-state index >= 15 is 0 Å². The minimum atomic E-state index is 0.287. The third kappa shape index (κ3) is 6.25. The molecule has 1 fully saturated rings. The SMILES string of the molecule is CCNC(=NCc1ccnc(N(C)C)c1)NCCCN1CCCC1=O. The molecule has 0 unspecified atom stereocenters. The molecule has 0 atom stereocenters. The van der Waals surface area contributed by atoms with Gasteiger partial charge in [0, 0.05) is 52.9 Å². The summed E-state index contributed by atoms with van der Waals surface area (Å²) in [5.41, 5.74) is 1.12. The van der Waals surface area contributed by atoms with Crippen LogP contribution in [0.1, 0.15) is 31.7 Å². The van der Waals surface area contributed by atoms with E-state index < -0.39 is 0 Å². The van der Waals surface area contributed by atoms with Gasteiger partial charge in [-0.3, -0.25) is 4.79 Å². The minimum Gasteiger partial charge on any atom is -0.363 e. The highest BCUT2D eigenvalue weighted by Crippen LogP contribution is 2.10. The summed E-state index contributed by atoms with van der Waals surface area (Å²) >= 11 is 0. The lowest BCUT2D eigenvalue weighted by Gasteiger charge is -2.16. The number of nitrogens with zero attached hydrogens (tertiary/aromatic N) is 4. The van der Waals surface area contributed by atoms with Crippen molar-refractivity contribution in [3.05, 3.63) is 23.9 Å². The number of rotatable bonds is 8. The molecular weight excluding hydrogens is 316 g/mol. The van der Waals surface area contributed by atoms with Gasteiger partial charge in [0.05, 0.1) is 6.54 Å². The number of nitrogens with one attached hydrogen (secondary N) is 2. The fraction of sp³-hybridized carbons (Fsp3) is 0.611. The molecule has 0 spiro atoms. The molecule has 1 aromatic heterocycles. The van der Waals surface area contributed by atoms with Crippen molar-refractivity contribution in [1.82, 2.24) is 20.5 Å². The van der Waals surface area contributed by atoms with E-state index in [9.17, 15) is 4.79 Å². The maximum Gasteiger partial charge on any atom is 0.222 e. The zero-order valence-corrected chi connectivity index (χ0v) is 15.6. The number of carbonyl (C=O) groups excluding carboxylic acids is 1. The molecule has 1 amide bonds. The van der Waals surface area contributed by atoms with Crippen molar-refractivity contribution in [2.45, 2.75) is 32.7 Å². The Hall–Kier alpha value is -2.31. The van der Waals surface area contributed by atoms with Crippen LogP contribution in [-0.4, -0.2) is 62.0 Å². The van der Waals surface area contributed by atoms with Gasteiger partial charge < -0.3 is 20.4 Å². The molecule has 7 nitrogen and oxygen atoms in total. The van der Waals surface area contributed by atoms with Crippen LogP contribution in [0, 0.1) is 0 Å².